The van der Waals surface area contributed by atoms with Crippen molar-refractivity contribution >= 4 is 51.1 Å². The Balaban J connectivity index is 1.83. The molecule has 0 heterocycles. The number of unbranched alkanes of at least 4 members (excludes halogenated alkanes) is 1. The minimum absolute atomic E-state index is 0.0680. The number of nitrogens with one attached hydrogen (secondary N) is 1. The SMILES string of the molecule is CCCCNC(=O)[C@H](Cc1ccccc1)N(Cc1ccc(Br)cc1)C(=O)CSCc1ccccc1Cl. The second kappa shape index (κ2) is 15.1. The molecule has 3 aromatic rings. The number of carbonyl (C=O) groups is 2. The van der Waals surface area contributed by atoms with Gasteiger partial charge in [-0.25, -0.2) is 0 Å². The van der Waals surface area contributed by atoms with Gasteiger partial charge in [0.2, 0.25) is 11.8 Å². The van der Waals surface area contributed by atoms with Crippen LogP contribution in [-0.4, -0.2) is 35.1 Å². The maximum absolute atomic E-state index is 13.6. The van der Waals surface area contributed by atoms with E-state index in [2.05, 4.69) is 28.2 Å². The predicted octanol–water partition coefficient (Wildman–Crippen LogP) is 6.89. The van der Waals surface area contributed by atoms with Gasteiger partial charge in [-0.3, -0.25) is 9.59 Å². The van der Waals surface area contributed by atoms with Crippen LogP contribution in [0.1, 0.15) is 36.5 Å². The molecule has 1 N–H and O–H groups in total. The van der Waals surface area contributed by atoms with Crippen LogP contribution in [0, 0.1) is 0 Å². The number of halogens is 2. The number of hydrogen-bond donors (Lipinski definition) is 1. The van der Waals surface area contributed by atoms with Crippen molar-refractivity contribution in [3.63, 3.8) is 0 Å². The van der Waals surface area contributed by atoms with E-state index in [1.807, 2.05) is 78.9 Å². The zero-order valence-electron chi connectivity index (χ0n) is 20.5. The number of rotatable bonds is 13. The molecule has 1 atom stereocenters. The van der Waals surface area contributed by atoms with Crippen LogP contribution < -0.4 is 5.32 Å². The summed E-state index contributed by atoms with van der Waals surface area (Å²) in [5, 5.41) is 3.75. The number of nitrogens with zero attached hydrogens (tertiary/aromatic N) is 1. The average molecular weight is 588 g/mol. The lowest BCUT2D eigenvalue weighted by Crippen LogP contribution is -2.51. The van der Waals surface area contributed by atoms with Crippen LogP contribution in [0.15, 0.2) is 83.3 Å². The molecule has 0 saturated heterocycles. The molecule has 0 bridgehead atoms. The monoisotopic (exact) mass is 586 g/mol. The maximum Gasteiger partial charge on any atom is 0.243 e. The lowest BCUT2D eigenvalue weighted by Gasteiger charge is -2.31. The van der Waals surface area contributed by atoms with Crippen molar-refractivity contribution in [3.8, 4) is 0 Å². The first-order valence-corrected chi connectivity index (χ1v) is 14.5. The molecule has 0 saturated carbocycles. The molecule has 0 unspecified atom stereocenters. The molecular formula is C29H32BrClN2O2S. The van der Waals surface area contributed by atoms with E-state index < -0.39 is 6.04 Å². The van der Waals surface area contributed by atoms with E-state index >= 15 is 0 Å². The Morgan fingerprint density at radius 3 is 2.36 bits per heavy atom. The van der Waals surface area contributed by atoms with E-state index in [0.29, 0.717) is 30.3 Å². The summed E-state index contributed by atoms with van der Waals surface area (Å²) >= 11 is 11.3. The highest BCUT2D eigenvalue weighted by atomic mass is 79.9. The van der Waals surface area contributed by atoms with Gasteiger partial charge in [0.05, 0.1) is 5.75 Å². The van der Waals surface area contributed by atoms with Crippen molar-refractivity contribution in [1.29, 1.82) is 0 Å². The quantitative estimate of drug-likeness (QED) is 0.222. The van der Waals surface area contributed by atoms with E-state index in [-0.39, 0.29) is 17.6 Å². The Morgan fingerprint density at radius 1 is 0.972 bits per heavy atom. The Bertz CT molecular complexity index is 1110. The van der Waals surface area contributed by atoms with Crippen molar-refractivity contribution in [3.05, 3.63) is 105 Å². The predicted molar refractivity (Wildman–Crippen MR) is 154 cm³/mol. The first-order valence-electron chi connectivity index (χ1n) is 12.1. The highest BCUT2D eigenvalue weighted by Crippen LogP contribution is 2.23. The molecule has 0 spiro atoms. The van der Waals surface area contributed by atoms with Crippen LogP contribution in [-0.2, 0) is 28.3 Å². The third-order valence-electron chi connectivity index (χ3n) is 5.81. The summed E-state index contributed by atoms with van der Waals surface area (Å²) in [6.45, 7) is 3.05. The second-order valence-corrected chi connectivity index (χ2v) is 10.9. The minimum Gasteiger partial charge on any atom is -0.354 e. The average Bonchev–Trinajstić information content (AvgIpc) is 2.89. The van der Waals surface area contributed by atoms with Crippen LogP contribution in [0.2, 0.25) is 5.02 Å². The molecule has 0 aromatic heterocycles. The lowest BCUT2D eigenvalue weighted by atomic mass is 10.0. The summed E-state index contributed by atoms with van der Waals surface area (Å²) in [7, 11) is 0. The van der Waals surface area contributed by atoms with Crippen molar-refractivity contribution in [2.75, 3.05) is 12.3 Å². The second-order valence-electron chi connectivity index (χ2n) is 8.58. The number of hydrogen-bond acceptors (Lipinski definition) is 3. The zero-order chi connectivity index (χ0) is 25.8. The van der Waals surface area contributed by atoms with Crippen LogP contribution in [0.5, 0.6) is 0 Å². The van der Waals surface area contributed by atoms with Crippen molar-refractivity contribution in [2.45, 2.75) is 44.5 Å². The summed E-state index contributed by atoms with van der Waals surface area (Å²) < 4.78 is 0.970. The van der Waals surface area contributed by atoms with Gasteiger partial charge in [-0.05, 0) is 41.3 Å². The van der Waals surface area contributed by atoms with E-state index in [1.54, 1.807) is 4.90 Å². The standard InChI is InChI=1S/C29H32BrClN2O2S/c1-2-3-17-32-29(35)27(18-22-9-5-4-6-10-22)33(19-23-13-15-25(30)16-14-23)28(34)21-36-20-24-11-7-8-12-26(24)31/h4-16,27H,2-3,17-21H2,1H3,(H,32,35)/t27-/m0/s1. The molecule has 0 aliphatic heterocycles. The van der Waals surface area contributed by atoms with Crippen molar-refractivity contribution in [2.24, 2.45) is 0 Å². The molecule has 2 amide bonds. The molecule has 0 aliphatic rings. The minimum atomic E-state index is -0.610. The Hall–Kier alpha value is -2.28. The summed E-state index contributed by atoms with van der Waals surface area (Å²) in [5.74, 6) is 0.703. The van der Waals surface area contributed by atoms with Gasteiger partial charge in [0, 0.05) is 34.8 Å². The van der Waals surface area contributed by atoms with E-state index in [1.165, 1.54) is 11.8 Å². The van der Waals surface area contributed by atoms with Crippen LogP contribution in [0.4, 0.5) is 0 Å². The van der Waals surface area contributed by atoms with Gasteiger partial charge in [-0.15, -0.1) is 11.8 Å². The van der Waals surface area contributed by atoms with Crippen molar-refractivity contribution in [1.82, 2.24) is 10.2 Å². The largest absolute Gasteiger partial charge is 0.354 e. The molecule has 36 heavy (non-hydrogen) atoms. The number of amides is 2. The highest BCUT2D eigenvalue weighted by Gasteiger charge is 2.30. The molecule has 0 aliphatic carbocycles. The first kappa shape index (κ1) is 28.3. The topological polar surface area (TPSA) is 49.4 Å². The summed E-state index contributed by atoms with van der Waals surface area (Å²) in [6, 6.07) is 24.8. The molecule has 0 fully saturated rings. The van der Waals surface area contributed by atoms with Crippen LogP contribution >= 0.6 is 39.3 Å². The van der Waals surface area contributed by atoms with E-state index in [4.69, 9.17) is 11.6 Å². The first-order chi connectivity index (χ1) is 17.5. The fourth-order valence-electron chi connectivity index (χ4n) is 3.79. The molecule has 7 heteroatoms. The lowest BCUT2D eigenvalue weighted by molar-refractivity contribution is -0.139. The van der Waals surface area contributed by atoms with Crippen LogP contribution in [0.25, 0.3) is 0 Å². The van der Waals surface area contributed by atoms with Gasteiger partial charge in [-0.2, -0.15) is 0 Å². The summed E-state index contributed by atoms with van der Waals surface area (Å²) in [6.07, 6.45) is 2.35. The molecule has 190 valence electrons. The fourth-order valence-corrected chi connectivity index (χ4v) is 5.25. The molecular weight excluding hydrogens is 556 g/mol. The zero-order valence-corrected chi connectivity index (χ0v) is 23.6. The molecule has 3 aromatic carbocycles. The number of carbonyl (C=O) groups excluding carboxylic acids is 2. The molecule has 3 rings (SSSR count). The fraction of sp³-hybridized carbons (Fsp3) is 0.310. The summed E-state index contributed by atoms with van der Waals surface area (Å²) in [5.41, 5.74) is 2.99. The van der Waals surface area contributed by atoms with Gasteiger partial charge in [0.15, 0.2) is 0 Å². The molecule has 0 radical (unpaired) electrons. The number of benzene rings is 3. The number of thioether (sulfide) groups is 1. The summed E-state index contributed by atoms with van der Waals surface area (Å²) in [4.78, 5) is 28.8. The van der Waals surface area contributed by atoms with Gasteiger partial charge < -0.3 is 10.2 Å². The third-order valence-corrected chi connectivity index (χ3v) is 7.67. The van der Waals surface area contributed by atoms with Crippen molar-refractivity contribution < 1.29 is 9.59 Å². The Labute approximate surface area is 231 Å². The maximum atomic E-state index is 13.6. The normalized spacial score (nSPS) is 11.6. The molecule has 4 nitrogen and oxygen atoms in total. The highest BCUT2D eigenvalue weighted by molar-refractivity contribution is 9.10. The van der Waals surface area contributed by atoms with Crippen LogP contribution in [0.3, 0.4) is 0 Å². The Kier molecular flexibility index (Phi) is 11.9. The van der Waals surface area contributed by atoms with Gasteiger partial charge in [-0.1, -0.05) is 102 Å². The van der Waals surface area contributed by atoms with E-state index in [9.17, 15) is 9.59 Å². The third kappa shape index (κ3) is 8.99. The Morgan fingerprint density at radius 2 is 1.67 bits per heavy atom. The van der Waals surface area contributed by atoms with Gasteiger partial charge in [0.25, 0.3) is 0 Å². The van der Waals surface area contributed by atoms with Gasteiger partial charge >= 0.3 is 0 Å². The smallest absolute Gasteiger partial charge is 0.243 e. The van der Waals surface area contributed by atoms with E-state index in [0.717, 1.165) is 34.0 Å². The van der Waals surface area contributed by atoms with Gasteiger partial charge in [0.1, 0.15) is 6.04 Å².